The average molecular weight is 257 g/mol. The van der Waals surface area contributed by atoms with Crippen molar-refractivity contribution in [3.05, 3.63) is 11.4 Å². The molecule has 1 aliphatic carbocycles. The molecule has 0 saturated heterocycles. The van der Waals surface area contributed by atoms with Gasteiger partial charge in [-0.05, 0) is 52.2 Å². The summed E-state index contributed by atoms with van der Waals surface area (Å²) in [5, 5.41) is 8.41. The number of halogens is 1. The van der Waals surface area contributed by atoms with Crippen LogP contribution < -0.4 is 0 Å². The third-order valence-electron chi connectivity index (χ3n) is 3.20. The SMILES string of the molecule is CN(C)CCCn1nnc(CCl)c1CC1CC1. The maximum Gasteiger partial charge on any atom is 0.101 e. The van der Waals surface area contributed by atoms with Crippen LogP contribution in [0.5, 0.6) is 0 Å². The van der Waals surface area contributed by atoms with E-state index in [0.717, 1.165) is 37.5 Å². The minimum atomic E-state index is 0.482. The van der Waals surface area contributed by atoms with Crippen LogP contribution in [0.15, 0.2) is 0 Å². The van der Waals surface area contributed by atoms with Crippen molar-refractivity contribution in [3.8, 4) is 0 Å². The second kappa shape index (κ2) is 5.83. The Morgan fingerprint density at radius 1 is 1.41 bits per heavy atom. The van der Waals surface area contributed by atoms with Gasteiger partial charge >= 0.3 is 0 Å². The minimum absolute atomic E-state index is 0.482. The maximum atomic E-state index is 5.91. The third kappa shape index (κ3) is 3.68. The van der Waals surface area contributed by atoms with Crippen molar-refractivity contribution >= 4 is 11.6 Å². The van der Waals surface area contributed by atoms with Crippen LogP contribution in [-0.2, 0) is 18.8 Å². The Morgan fingerprint density at radius 2 is 2.18 bits per heavy atom. The molecule has 1 aliphatic rings. The van der Waals surface area contributed by atoms with Gasteiger partial charge in [0.15, 0.2) is 0 Å². The molecule has 0 spiro atoms. The van der Waals surface area contributed by atoms with E-state index in [0.29, 0.717) is 5.88 Å². The molecule has 96 valence electrons. The van der Waals surface area contributed by atoms with Crippen molar-refractivity contribution in [1.29, 1.82) is 0 Å². The summed E-state index contributed by atoms with van der Waals surface area (Å²) in [5.41, 5.74) is 2.24. The standard InChI is InChI=1S/C12H21ClN4/c1-16(2)6-3-7-17-12(8-10-4-5-10)11(9-13)14-15-17/h10H,3-9H2,1-2H3. The first-order valence-corrected chi connectivity index (χ1v) is 6.86. The largest absolute Gasteiger partial charge is 0.309 e. The molecule has 5 heteroatoms. The van der Waals surface area contributed by atoms with E-state index in [4.69, 9.17) is 11.6 Å². The molecule has 1 saturated carbocycles. The van der Waals surface area contributed by atoms with Gasteiger partial charge in [0, 0.05) is 6.54 Å². The van der Waals surface area contributed by atoms with Gasteiger partial charge in [-0.1, -0.05) is 5.21 Å². The third-order valence-corrected chi connectivity index (χ3v) is 3.45. The van der Waals surface area contributed by atoms with Crippen molar-refractivity contribution in [2.24, 2.45) is 5.92 Å². The fraction of sp³-hybridized carbons (Fsp3) is 0.833. The number of nitrogens with zero attached hydrogens (tertiary/aromatic N) is 4. The lowest BCUT2D eigenvalue weighted by Gasteiger charge is -2.10. The van der Waals surface area contributed by atoms with E-state index in [9.17, 15) is 0 Å². The van der Waals surface area contributed by atoms with E-state index >= 15 is 0 Å². The summed E-state index contributed by atoms with van der Waals surface area (Å²) in [5.74, 6) is 1.33. The zero-order valence-corrected chi connectivity index (χ0v) is 11.4. The first-order valence-electron chi connectivity index (χ1n) is 6.32. The van der Waals surface area contributed by atoms with Crippen LogP contribution in [-0.4, -0.2) is 40.5 Å². The molecule has 0 atom stereocenters. The predicted molar refractivity (Wildman–Crippen MR) is 69.2 cm³/mol. The fourth-order valence-electron chi connectivity index (χ4n) is 2.01. The summed E-state index contributed by atoms with van der Waals surface area (Å²) in [6.45, 7) is 2.03. The molecule has 0 aromatic carbocycles. The number of aromatic nitrogens is 3. The first kappa shape index (κ1) is 12.8. The summed E-state index contributed by atoms with van der Waals surface area (Å²) in [6.07, 6.45) is 4.92. The molecule has 0 aliphatic heterocycles. The molecule has 0 unspecified atom stereocenters. The van der Waals surface area contributed by atoms with E-state index in [-0.39, 0.29) is 0 Å². The smallest absolute Gasteiger partial charge is 0.101 e. The monoisotopic (exact) mass is 256 g/mol. The Bertz CT molecular complexity index is 357. The van der Waals surface area contributed by atoms with Gasteiger partial charge in [0.2, 0.25) is 0 Å². The van der Waals surface area contributed by atoms with Gasteiger partial charge in [0.25, 0.3) is 0 Å². The van der Waals surface area contributed by atoms with Crippen LogP contribution in [0, 0.1) is 5.92 Å². The summed E-state index contributed by atoms with van der Waals surface area (Å²) in [6, 6.07) is 0. The molecule has 0 amide bonds. The van der Waals surface area contributed by atoms with Crippen LogP contribution in [0.25, 0.3) is 0 Å². The number of rotatable bonds is 7. The molecule has 2 rings (SSSR count). The molecular weight excluding hydrogens is 236 g/mol. The Hall–Kier alpha value is -0.610. The summed E-state index contributed by atoms with van der Waals surface area (Å²) in [7, 11) is 4.19. The van der Waals surface area contributed by atoms with E-state index in [1.54, 1.807) is 0 Å². The molecule has 1 fully saturated rings. The van der Waals surface area contributed by atoms with Gasteiger partial charge in [-0.15, -0.1) is 16.7 Å². The highest BCUT2D eigenvalue weighted by Crippen LogP contribution is 2.33. The number of alkyl halides is 1. The molecule has 1 heterocycles. The van der Waals surface area contributed by atoms with Crippen LogP contribution in [0.3, 0.4) is 0 Å². The zero-order chi connectivity index (χ0) is 12.3. The van der Waals surface area contributed by atoms with Gasteiger partial charge in [0.1, 0.15) is 5.69 Å². The van der Waals surface area contributed by atoms with Crippen molar-refractivity contribution in [2.75, 3.05) is 20.6 Å². The average Bonchev–Trinajstić information content (AvgIpc) is 3.01. The molecule has 1 aromatic heterocycles. The number of hydrogen-bond donors (Lipinski definition) is 0. The predicted octanol–water partition coefficient (Wildman–Crippen LogP) is 1.92. The van der Waals surface area contributed by atoms with Gasteiger partial charge in [-0.25, -0.2) is 4.68 Å². The molecule has 1 aromatic rings. The fourth-order valence-corrected chi connectivity index (χ4v) is 2.22. The lowest BCUT2D eigenvalue weighted by atomic mass is 10.2. The Balaban J connectivity index is 1.96. The number of aryl methyl sites for hydroxylation is 1. The van der Waals surface area contributed by atoms with Gasteiger partial charge in [-0.2, -0.15) is 0 Å². The summed E-state index contributed by atoms with van der Waals surface area (Å²) >= 11 is 5.91. The summed E-state index contributed by atoms with van der Waals surface area (Å²) < 4.78 is 2.06. The molecular formula is C12H21ClN4. The Morgan fingerprint density at radius 3 is 2.76 bits per heavy atom. The van der Waals surface area contributed by atoms with Crippen molar-refractivity contribution < 1.29 is 0 Å². The Labute approximate surface area is 108 Å². The first-order chi connectivity index (χ1) is 8.20. The topological polar surface area (TPSA) is 34.0 Å². The second-order valence-corrected chi connectivity index (χ2v) is 5.41. The van der Waals surface area contributed by atoms with E-state index in [1.165, 1.54) is 18.5 Å². The van der Waals surface area contributed by atoms with Crippen LogP contribution in [0.1, 0.15) is 30.7 Å². The lowest BCUT2D eigenvalue weighted by molar-refractivity contribution is 0.376. The molecule has 4 nitrogen and oxygen atoms in total. The maximum absolute atomic E-state index is 5.91. The Kier molecular flexibility index (Phi) is 4.40. The van der Waals surface area contributed by atoms with E-state index in [1.807, 2.05) is 0 Å². The van der Waals surface area contributed by atoms with Crippen LogP contribution in [0.2, 0.25) is 0 Å². The quantitative estimate of drug-likeness (QED) is 0.699. The van der Waals surface area contributed by atoms with Crippen molar-refractivity contribution in [2.45, 2.75) is 38.1 Å². The van der Waals surface area contributed by atoms with E-state index < -0.39 is 0 Å². The van der Waals surface area contributed by atoms with Gasteiger partial charge < -0.3 is 4.90 Å². The van der Waals surface area contributed by atoms with Crippen LogP contribution in [0.4, 0.5) is 0 Å². The highest BCUT2D eigenvalue weighted by Gasteiger charge is 2.25. The highest BCUT2D eigenvalue weighted by molar-refractivity contribution is 6.16. The van der Waals surface area contributed by atoms with E-state index in [2.05, 4.69) is 34.0 Å². The van der Waals surface area contributed by atoms with Gasteiger partial charge in [0.05, 0.1) is 11.6 Å². The van der Waals surface area contributed by atoms with Crippen molar-refractivity contribution in [1.82, 2.24) is 19.9 Å². The molecule has 0 N–H and O–H groups in total. The molecule has 17 heavy (non-hydrogen) atoms. The molecule has 0 bridgehead atoms. The normalized spacial score (nSPS) is 15.8. The minimum Gasteiger partial charge on any atom is -0.309 e. The van der Waals surface area contributed by atoms with Gasteiger partial charge in [-0.3, -0.25) is 0 Å². The van der Waals surface area contributed by atoms with Crippen LogP contribution >= 0.6 is 11.6 Å². The summed E-state index contributed by atoms with van der Waals surface area (Å²) in [4.78, 5) is 2.19. The number of hydrogen-bond acceptors (Lipinski definition) is 3. The second-order valence-electron chi connectivity index (χ2n) is 5.14. The molecule has 0 radical (unpaired) electrons. The lowest BCUT2D eigenvalue weighted by Crippen LogP contribution is -2.16. The zero-order valence-electron chi connectivity index (χ0n) is 10.7. The van der Waals surface area contributed by atoms with Crippen molar-refractivity contribution in [3.63, 3.8) is 0 Å². The highest BCUT2D eigenvalue weighted by atomic mass is 35.5.